The molecule has 8 heteroatoms. The Morgan fingerprint density at radius 2 is 1.29 bits per heavy atom. The van der Waals surface area contributed by atoms with Crippen molar-refractivity contribution in [1.29, 1.82) is 0 Å². The van der Waals surface area contributed by atoms with Gasteiger partial charge in [0.05, 0.1) is 12.4 Å². The van der Waals surface area contributed by atoms with E-state index in [9.17, 15) is 9.59 Å². The summed E-state index contributed by atoms with van der Waals surface area (Å²) in [5, 5.41) is 13.9. The maximum Gasteiger partial charge on any atom is 0.322 e. The summed E-state index contributed by atoms with van der Waals surface area (Å²) < 4.78 is 3.47. The average molecular weight is 410 g/mol. The van der Waals surface area contributed by atoms with E-state index in [1.807, 2.05) is 62.9 Å². The smallest absolute Gasteiger partial charge is 0.316 e. The molecule has 0 atom stereocenters. The molecule has 152 valence electrons. The monoisotopic (exact) mass is 410 g/mol. The number of amides is 3. The SMILES string of the molecule is Cn1cc(-c2ccc3c(c2)C2(NC(=O)NC2=O)c2cc(-c4cnn(C)c4)ccc2-3)cn1. The topological polar surface area (TPSA) is 93.8 Å². The van der Waals surface area contributed by atoms with Crippen LogP contribution in [0.15, 0.2) is 61.2 Å². The summed E-state index contributed by atoms with van der Waals surface area (Å²) in [4.78, 5) is 25.5. The van der Waals surface area contributed by atoms with Crippen LogP contribution in [0, 0.1) is 0 Å². The van der Waals surface area contributed by atoms with Crippen molar-refractivity contribution in [2.75, 3.05) is 0 Å². The number of benzene rings is 2. The fraction of sp³-hybridized carbons (Fsp3) is 0.130. The first-order chi connectivity index (χ1) is 15.0. The number of nitrogens with zero attached hydrogens (tertiary/aromatic N) is 4. The van der Waals surface area contributed by atoms with Gasteiger partial charge in [-0.25, -0.2) is 4.79 Å². The standard InChI is InChI=1S/C23H18N6O2/c1-28-11-15(9-24-28)13-3-5-17-18-6-4-14(16-10-25-29(2)12-16)8-20(18)23(19(17)7-13)21(30)26-22(31)27-23/h3-12H,1-2H3,(H2,26,27,30,31). The molecule has 0 radical (unpaired) electrons. The lowest BCUT2D eigenvalue weighted by Crippen LogP contribution is -2.43. The van der Waals surface area contributed by atoms with Crippen LogP contribution < -0.4 is 10.6 Å². The Bertz CT molecular complexity index is 1320. The zero-order valence-electron chi connectivity index (χ0n) is 16.9. The molecule has 6 rings (SSSR count). The molecule has 1 fully saturated rings. The van der Waals surface area contributed by atoms with Gasteiger partial charge in [0.15, 0.2) is 5.54 Å². The number of aromatic nitrogens is 4. The van der Waals surface area contributed by atoms with Gasteiger partial charge < -0.3 is 5.32 Å². The fourth-order valence-electron chi connectivity index (χ4n) is 4.66. The van der Waals surface area contributed by atoms with Gasteiger partial charge in [-0.1, -0.05) is 24.3 Å². The van der Waals surface area contributed by atoms with Crippen LogP contribution in [0.3, 0.4) is 0 Å². The quantitative estimate of drug-likeness (QED) is 0.497. The fourth-order valence-corrected chi connectivity index (χ4v) is 4.66. The van der Waals surface area contributed by atoms with Gasteiger partial charge in [-0.05, 0) is 34.4 Å². The van der Waals surface area contributed by atoms with E-state index < -0.39 is 11.6 Å². The number of rotatable bonds is 2. The summed E-state index contributed by atoms with van der Waals surface area (Å²) in [5.74, 6) is -0.371. The number of carbonyl (C=O) groups is 2. The van der Waals surface area contributed by atoms with Crippen LogP contribution in [-0.2, 0) is 24.4 Å². The number of nitrogens with one attached hydrogen (secondary N) is 2. The minimum Gasteiger partial charge on any atom is -0.316 e. The van der Waals surface area contributed by atoms with Crippen molar-refractivity contribution in [3.63, 3.8) is 0 Å². The molecule has 2 N–H and O–H groups in total. The highest BCUT2D eigenvalue weighted by atomic mass is 16.2. The van der Waals surface area contributed by atoms with Crippen LogP contribution in [0.4, 0.5) is 4.79 Å². The number of aryl methyl sites for hydroxylation is 2. The average Bonchev–Trinajstić information content (AvgIpc) is 3.50. The first kappa shape index (κ1) is 17.6. The van der Waals surface area contributed by atoms with Gasteiger partial charge in [-0.2, -0.15) is 10.2 Å². The molecule has 31 heavy (non-hydrogen) atoms. The van der Waals surface area contributed by atoms with E-state index in [0.29, 0.717) is 0 Å². The van der Waals surface area contributed by atoms with Gasteiger partial charge in [-0.15, -0.1) is 0 Å². The summed E-state index contributed by atoms with van der Waals surface area (Å²) in [6.45, 7) is 0. The van der Waals surface area contributed by atoms with E-state index in [1.165, 1.54) is 0 Å². The third kappa shape index (κ3) is 2.35. The van der Waals surface area contributed by atoms with Crippen LogP contribution in [0.5, 0.6) is 0 Å². The maximum absolute atomic E-state index is 13.2. The largest absolute Gasteiger partial charge is 0.322 e. The van der Waals surface area contributed by atoms with Gasteiger partial charge in [0.1, 0.15) is 0 Å². The predicted molar refractivity (Wildman–Crippen MR) is 114 cm³/mol. The zero-order valence-corrected chi connectivity index (χ0v) is 16.9. The molecular weight excluding hydrogens is 392 g/mol. The lowest BCUT2D eigenvalue weighted by Gasteiger charge is -2.24. The van der Waals surface area contributed by atoms with Gasteiger partial charge in [-0.3, -0.25) is 19.5 Å². The van der Waals surface area contributed by atoms with E-state index in [-0.39, 0.29) is 5.91 Å². The maximum atomic E-state index is 13.2. The molecule has 0 saturated carbocycles. The van der Waals surface area contributed by atoms with Gasteiger partial charge in [0, 0.05) is 48.7 Å². The highest BCUT2D eigenvalue weighted by Crippen LogP contribution is 2.50. The van der Waals surface area contributed by atoms with Crippen molar-refractivity contribution in [1.82, 2.24) is 30.2 Å². The molecule has 2 aliphatic rings. The normalized spacial score (nSPS) is 15.7. The minimum absolute atomic E-state index is 0.371. The third-order valence-corrected chi connectivity index (χ3v) is 6.08. The van der Waals surface area contributed by atoms with Crippen LogP contribution >= 0.6 is 0 Å². The molecule has 4 aromatic rings. The molecule has 3 heterocycles. The molecule has 3 amide bonds. The van der Waals surface area contributed by atoms with E-state index in [4.69, 9.17) is 0 Å². The molecule has 1 spiro atoms. The first-order valence-corrected chi connectivity index (χ1v) is 9.87. The summed E-state index contributed by atoms with van der Waals surface area (Å²) in [6, 6.07) is 11.5. The minimum atomic E-state index is -1.27. The molecular formula is C23H18N6O2. The zero-order chi connectivity index (χ0) is 21.3. The van der Waals surface area contributed by atoms with Gasteiger partial charge in [0.25, 0.3) is 5.91 Å². The lowest BCUT2D eigenvalue weighted by molar-refractivity contribution is -0.122. The Morgan fingerprint density at radius 3 is 1.68 bits per heavy atom. The number of urea groups is 1. The first-order valence-electron chi connectivity index (χ1n) is 9.87. The van der Waals surface area contributed by atoms with Crippen LogP contribution in [0.25, 0.3) is 33.4 Å². The molecule has 1 saturated heterocycles. The van der Waals surface area contributed by atoms with Gasteiger partial charge >= 0.3 is 6.03 Å². The number of carbonyl (C=O) groups excluding carboxylic acids is 2. The molecule has 0 bridgehead atoms. The highest BCUT2D eigenvalue weighted by Gasteiger charge is 2.55. The summed E-state index contributed by atoms with van der Waals surface area (Å²) in [5.41, 5.74) is 5.86. The highest BCUT2D eigenvalue weighted by molar-refractivity contribution is 6.13. The van der Waals surface area contributed by atoms with Crippen molar-refractivity contribution in [3.8, 4) is 33.4 Å². The van der Waals surface area contributed by atoms with Crippen molar-refractivity contribution in [2.45, 2.75) is 5.54 Å². The summed E-state index contributed by atoms with van der Waals surface area (Å²) in [6.07, 6.45) is 7.41. The van der Waals surface area contributed by atoms with Crippen LogP contribution in [0.1, 0.15) is 11.1 Å². The van der Waals surface area contributed by atoms with Crippen molar-refractivity contribution < 1.29 is 9.59 Å². The second-order valence-electron chi connectivity index (χ2n) is 7.98. The van der Waals surface area contributed by atoms with Crippen molar-refractivity contribution in [2.24, 2.45) is 14.1 Å². The molecule has 1 aliphatic carbocycles. The second-order valence-corrected chi connectivity index (χ2v) is 7.98. The molecule has 1 aliphatic heterocycles. The Balaban J connectivity index is 1.59. The van der Waals surface area contributed by atoms with Gasteiger partial charge in [0.2, 0.25) is 0 Å². The Kier molecular flexibility index (Phi) is 3.37. The van der Waals surface area contributed by atoms with Crippen LogP contribution in [-0.4, -0.2) is 31.5 Å². The second kappa shape index (κ2) is 5.91. The number of imide groups is 1. The van der Waals surface area contributed by atoms with Crippen LogP contribution in [0.2, 0.25) is 0 Å². The third-order valence-electron chi connectivity index (χ3n) is 6.08. The van der Waals surface area contributed by atoms with Crippen molar-refractivity contribution in [3.05, 3.63) is 72.3 Å². The molecule has 0 unspecified atom stereocenters. The van der Waals surface area contributed by atoms with E-state index in [1.54, 1.807) is 21.8 Å². The summed E-state index contributed by atoms with van der Waals surface area (Å²) in [7, 11) is 3.72. The van der Waals surface area contributed by atoms with E-state index >= 15 is 0 Å². The molecule has 8 nitrogen and oxygen atoms in total. The molecule has 2 aromatic heterocycles. The summed E-state index contributed by atoms with van der Waals surface area (Å²) >= 11 is 0. The Hall–Kier alpha value is -4.20. The lowest BCUT2D eigenvalue weighted by atomic mass is 9.85. The number of hydrogen-bond donors (Lipinski definition) is 2. The predicted octanol–water partition coefficient (Wildman–Crippen LogP) is 2.55. The number of hydrogen-bond acceptors (Lipinski definition) is 4. The number of fused-ring (bicyclic) bond motifs is 5. The molecule has 2 aromatic carbocycles. The Labute approximate surface area is 177 Å². The van der Waals surface area contributed by atoms with E-state index in [0.717, 1.165) is 44.5 Å². The Morgan fingerprint density at radius 1 is 0.774 bits per heavy atom. The van der Waals surface area contributed by atoms with Crippen molar-refractivity contribution >= 4 is 11.9 Å². The van der Waals surface area contributed by atoms with E-state index in [2.05, 4.69) is 20.8 Å².